The van der Waals surface area contributed by atoms with E-state index in [-0.39, 0.29) is 18.5 Å². The maximum absolute atomic E-state index is 12.5. The average Bonchev–Trinajstić information content (AvgIpc) is 3.09. The van der Waals surface area contributed by atoms with E-state index >= 15 is 0 Å². The Labute approximate surface area is 179 Å². The highest BCUT2D eigenvalue weighted by atomic mass is 32.2. The van der Waals surface area contributed by atoms with Crippen molar-refractivity contribution >= 4 is 27.3 Å². The molecule has 0 atom stereocenters. The van der Waals surface area contributed by atoms with Crippen molar-refractivity contribution in [2.75, 3.05) is 51.6 Å². The van der Waals surface area contributed by atoms with Crippen LogP contribution in [0.15, 0.2) is 10.4 Å². The molecule has 1 aromatic heterocycles. The van der Waals surface area contributed by atoms with Gasteiger partial charge in [-0.3, -0.25) is 4.99 Å². The zero-order chi connectivity index (χ0) is 21.3. The summed E-state index contributed by atoms with van der Waals surface area (Å²) in [5, 5.41) is 6.56. The first kappa shape index (κ1) is 24.0. The molecule has 0 saturated carbocycles. The van der Waals surface area contributed by atoms with E-state index < -0.39 is 10.0 Å². The molecular weight excluding hydrogens is 410 g/mol. The minimum absolute atomic E-state index is 0.0373. The highest BCUT2D eigenvalue weighted by molar-refractivity contribution is 7.89. The fourth-order valence-corrected chi connectivity index (χ4v) is 5.16. The van der Waals surface area contributed by atoms with Crippen LogP contribution in [0.25, 0.3) is 0 Å². The van der Waals surface area contributed by atoms with E-state index in [4.69, 9.17) is 9.73 Å². The molecule has 1 aromatic rings. The predicted molar refractivity (Wildman–Crippen MR) is 119 cm³/mol. The van der Waals surface area contributed by atoms with Crippen molar-refractivity contribution in [1.29, 1.82) is 0 Å². The smallest absolute Gasteiger partial charge is 0.216 e. The molecule has 1 aliphatic heterocycles. The molecule has 0 bridgehead atoms. The fourth-order valence-electron chi connectivity index (χ4n) is 3.05. The first-order chi connectivity index (χ1) is 13.8. The lowest BCUT2D eigenvalue weighted by molar-refractivity contribution is 0.0904. The number of aryl methyl sites for hydroxylation is 2. The average molecular weight is 446 g/mol. The highest BCUT2D eigenvalue weighted by Gasteiger charge is 2.27. The van der Waals surface area contributed by atoms with Crippen LogP contribution in [0, 0.1) is 6.92 Å². The van der Waals surface area contributed by atoms with Crippen LogP contribution in [0.3, 0.4) is 0 Å². The summed E-state index contributed by atoms with van der Waals surface area (Å²) in [6.45, 7) is 11.9. The van der Waals surface area contributed by atoms with Crippen LogP contribution in [-0.4, -0.2) is 86.3 Å². The molecular formula is C19H35N5O3S2. The van der Waals surface area contributed by atoms with Crippen molar-refractivity contribution in [1.82, 2.24) is 19.5 Å². The van der Waals surface area contributed by atoms with Crippen LogP contribution in [0.5, 0.6) is 0 Å². The minimum atomic E-state index is -3.27. The van der Waals surface area contributed by atoms with Gasteiger partial charge in [-0.2, -0.15) is 4.31 Å². The molecule has 166 valence electrons. The number of rotatable bonds is 10. The van der Waals surface area contributed by atoms with E-state index in [1.54, 1.807) is 15.6 Å². The molecule has 2 rings (SSSR count). The number of aliphatic imine (C=N–C) groups is 1. The maximum Gasteiger partial charge on any atom is 0.216 e. The summed E-state index contributed by atoms with van der Waals surface area (Å²) >= 11 is 1.70. The minimum Gasteiger partial charge on any atom is -0.378 e. The fraction of sp³-hybridized carbons (Fsp3) is 0.789. The van der Waals surface area contributed by atoms with E-state index in [0.717, 1.165) is 42.6 Å². The van der Waals surface area contributed by atoms with E-state index in [0.29, 0.717) is 26.2 Å². The Bertz CT molecular complexity index is 741. The van der Waals surface area contributed by atoms with Crippen molar-refractivity contribution < 1.29 is 13.2 Å². The van der Waals surface area contributed by atoms with E-state index in [1.807, 2.05) is 27.7 Å². The van der Waals surface area contributed by atoms with Crippen molar-refractivity contribution in [3.8, 4) is 0 Å². The molecule has 1 aliphatic rings. The topological polar surface area (TPSA) is 87.1 Å². The zero-order valence-corrected chi connectivity index (χ0v) is 19.7. The summed E-state index contributed by atoms with van der Waals surface area (Å²) in [7, 11) is -3.27. The van der Waals surface area contributed by atoms with Crippen molar-refractivity contribution in [3.63, 3.8) is 0 Å². The molecule has 0 aliphatic carbocycles. The first-order valence-corrected chi connectivity index (χ1v) is 12.8. The standard InChI is InChI=1S/C19H35N5O3S2/c1-5-20-19(21-8-6-7-18-22-17(4)15-28-18)23-9-11-24(12-10-23)29(25,26)14-13-27-16(2)3/h15-16H,5-14H2,1-4H3,(H,20,21). The molecule has 1 saturated heterocycles. The molecule has 0 aromatic carbocycles. The Morgan fingerprint density at radius 3 is 2.66 bits per heavy atom. The number of sulfonamides is 1. The maximum atomic E-state index is 12.5. The van der Waals surface area contributed by atoms with Gasteiger partial charge in [0, 0.05) is 56.8 Å². The molecule has 29 heavy (non-hydrogen) atoms. The molecule has 1 N–H and O–H groups in total. The molecule has 10 heteroatoms. The summed E-state index contributed by atoms with van der Waals surface area (Å²) in [6, 6.07) is 0. The zero-order valence-electron chi connectivity index (χ0n) is 18.1. The number of nitrogens with zero attached hydrogens (tertiary/aromatic N) is 4. The number of aromatic nitrogens is 1. The second kappa shape index (κ2) is 11.8. The Kier molecular flexibility index (Phi) is 9.81. The van der Waals surface area contributed by atoms with Gasteiger partial charge in [0.25, 0.3) is 0 Å². The lowest BCUT2D eigenvalue weighted by Gasteiger charge is -2.36. The molecule has 0 spiro atoms. The van der Waals surface area contributed by atoms with Crippen LogP contribution < -0.4 is 5.32 Å². The summed E-state index contributed by atoms with van der Waals surface area (Å²) < 4.78 is 32.0. The van der Waals surface area contributed by atoms with Crippen molar-refractivity contribution in [3.05, 3.63) is 16.1 Å². The van der Waals surface area contributed by atoms with Gasteiger partial charge in [-0.15, -0.1) is 11.3 Å². The Hall–Kier alpha value is -1.23. The van der Waals surface area contributed by atoms with Crippen LogP contribution in [-0.2, 0) is 21.2 Å². The number of thiazole rings is 1. The van der Waals surface area contributed by atoms with Crippen molar-refractivity contribution in [2.45, 2.75) is 46.6 Å². The third-order valence-electron chi connectivity index (χ3n) is 4.54. The summed E-state index contributed by atoms with van der Waals surface area (Å²) in [5.41, 5.74) is 1.07. The molecule has 0 amide bonds. The number of piperazine rings is 1. The molecule has 8 nitrogen and oxygen atoms in total. The molecule has 1 fully saturated rings. The molecule has 0 radical (unpaired) electrons. The van der Waals surface area contributed by atoms with Gasteiger partial charge >= 0.3 is 0 Å². The summed E-state index contributed by atoms with van der Waals surface area (Å²) in [4.78, 5) is 11.4. The van der Waals surface area contributed by atoms with Crippen LogP contribution in [0.1, 0.15) is 37.9 Å². The number of hydrogen-bond acceptors (Lipinski definition) is 6. The Morgan fingerprint density at radius 2 is 2.07 bits per heavy atom. The van der Waals surface area contributed by atoms with E-state index in [9.17, 15) is 8.42 Å². The first-order valence-electron chi connectivity index (χ1n) is 10.4. The van der Waals surface area contributed by atoms with Crippen LogP contribution >= 0.6 is 11.3 Å². The number of hydrogen-bond donors (Lipinski definition) is 1. The van der Waals surface area contributed by atoms with Crippen molar-refractivity contribution in [2.24, 2.45) is 4.99 Å². The number of guanidine groups is 1. The SMILES string of the molecule is CCNC(=NCCCc1nc(C)cs1)N1CCN(S(=O)(=O)CCOC(C)C)CC1. The van der Waals surface area contributed by atoms with Gasteiger partial charge in [-0.25, -0.2) is 13.4 Å². The van der Waals surface area contributed by atoms with Gasteiger partial charge in [0.05, 0.1) is 23.5 Å². The molecule has 2 heterocycles. The third-order valence-corrected chi connectivity index (χ3v) is 7.40. The van der Waals surface area contributed by atoms with Gasteiger partial charge in [0.15, 0.2) is 5.96 Å². The second-order valence-electron chi connectivity index (χ2n) is 7.34. The monoisotopic (exact) mass is 445 g/mol. The summed E-state index contributed by atoms with van der Waals surface area (Å²) in [5.74, 6) is 0.901. The lowest BCUT2D eigenvalue weighted by Crippen LogP contribution is -2.54. The predicted octanol–water partition coefficient (Wildman–Crippen LogP) is 1.72. The molecule has 0 unspecified atom stereocenters. The van der Waals surface area contributed by atoms with E-state index in [2.05, 4.69) is 20.6 Å². The van der Waals surface area contributed by atoms with Gasteiger partial charge in [0.2, 0.25) is 10.0 Å². The summed E-state index contributed by atoms with van der Waals surface area (Å²) in [6.07, 6.45) is 1.93. The Balaban J connectivity index is 1.81. The number of nitrogens with one attached hydrogen (secondary N) is 1. The van der Waals surface area contributed by atoms with E-state index in [1.165, 1.54) is 0 Å². The second-order valence-corrected chi connectivity index (χ2v) is 10.4. The largest absolute Gasteiger partial charge is 0.378 e. The lowest BCUT2D eigenvalue weighted by atomic mass is 10.3. The van der Waals surface area contributed by atoms with Crippen LogP contribution in [0.4, 0.5) is 0 Å². The Morgan fingerprint density at radius 1 is 1.34 bits per heavy atom. The normalized spacial score (nSPS) is 16.6. The van der Waals surface area contributed by atoms with Gasteiger partial charge in [-0.05, 0) is 34.1 Å². The van der Waals surface area contributed by atoms with Gasteiger partial charge in [0.1, 0.15) is 0 Å². The third kappa shape index (κ3) is 8.19. The van der Waals surface area contributed by atoms with Gasteiger partial charge in [-0.1, -0.05) is 0 Å². The quantitative estimate of drug-likeness (QED) is 0.335. The number of ether oxygens (including phenoxy) is 1. The van der Waals surface area contributed by atoms with Crippen LogP contribution in [0.2, 0.25) is 0 Å². The van der Waals surface area contributed by atoms with Gasteiger partial charge < -0.3 is 15.0 Å². The highest BCUT2D eigenvalue weighted by Crippen LogP contribution is 2.12.